The zero-order valence-electron chi connectivity index (χ0n) is 25.3. The first-order valence-electron chi connectivity index (χ1n) is 15.0. The molecule has 1 amide bonds. The van der Waals surface area contributed by atoms with E-state index in [1.807, 2.05) is 41.3 Å². The summed E-state index contributed by atoms with van der Waals surface area (Å²) >= 11 is 6.37. The van der Waals surface area contributed by atoms with E-state index in [1.54, 1.807) is 6.34 Å². The van der Waals surface area contributed by atoms with Crippen molar-refractivity contribution in [3.05, 3.63) is 58.3 Å². The van der Waals surface area contributed by atoms with Crippen molar-refractivity contribution in [1.82, 2.24) is 9.80 Å². The topological polar surface area (TPSA) is 126 Å². The molecule has 11 heteroatoms. The van der Waals surface area contributed by atoms with E-state index in [-0.39, 0.29) is 17.1 Å². The van der Waals surface area contributed by atoms with Crippen molar-refractivity contribution in [2.75, 3.05) is 53.1 Å². The monoisotopic (exact) mass is 620 g/mol. The van der Waals surface area contributed by atoms with Gasteiger partial charge in [-0.1, -0.05) is 59.4 Å². The van der Waals surface area contributed by atoms with Crippen molar-refractivity contribution in [3.8, 4) is 18.4 Å². The molecular weight excluding hydrogens is 580 g/mol. The molecule has 0 aromatic heterocycles. The van der Waals surface area contributed by atoms with Gasteiger partial charge in [0.25, 0.3) is 0 Å². The number of methoxy groups -OCH3 is 1. The van der Waals surface area contributed by atoms with Crippen LogP contribution in [0.25, 0.3) is 0 Å². The van der Waals surface area contributed by atoms with Crippen LogP contribution in [0.2, 0.25) is 0 Å². The minimum atomic E-state index is -0.335. The summed E-state index contributed by atoms with van der Waals surface area (Å²) in [6.45, 7) is 4.02. The maximum absolute atomic E-state index is 13.1. The van der Waals surface area contributed by atoms with Crippen LogP contribution in [0.3, 0.4) is 0 Å². The highest BCUT2D eigenvalue weighted by Gasteiger charge is 2.38. The molecule has 1 saturated heterocycles. The average Bonchev–Trinajstić information content (AvgIpc) is 3.52. The maximum Gasteiger partial charge on any atom is 0.409 e. The fourth-order valence-electron chi connectivity index (χ4n) is 6.16. The number of amidine groups is 1. The number of nitrogens with zero attached hydrogens (tertiary/aromatic N) is 5. The molecule has 0 bridgehead atoms. The molecule has 2 fully saturated rings. The molecule has 0 radical (unpaired) electrons. The van der Waals surface area contributed by atoms with Crippen LogP contribution in [0.1, 0.15) is 44.1 Å². The SMILES string of the molecule is C#C/C(C#N)=C\C(Cl)=C1/CN(CC2CCCC(CN(CC3(CO/N=C(\N)c4ccccc4)CCOCC3)C(=O)OC)C2)C=N1. The summed E-state index contributed by atoms with van der Waals surface area (Å²) in [5.74, 6) is 3.42. The zero-order chi connectivity index (χ0) is 31.4. The molecule has 2 atom stereocenters. The third kappa shape index (κ3) is 9.25. The number of terminal acetylenes is 1. The Morgan fingerprint density at radius 3 is 2.77 bits per heavy atom. The minimum Gasteiger partial charge on any atom is -0.453 e. The van der Waals surface area contributed by atoms with Gasteiger partial charge in [0.2, 0.25) is 0 Å². The van der Waals surface area contributed by atoms with E-state index in [4.69, 9.17) is 43.3 Å². The maximum atomic E-state index is 13.1. The molecule has 2 heterocycles. The highest BCUT2D eigenvalue weighted by molar-refractivity contribution is 6.31. The van der Waals surface area contributed by atoms with E-state index < -0.39 is 0 Å². The van der Waals surface area contributed by atoms with Crippen LogP contribution in [0.15, 0.2) is 62.9 Å². The number of rotatable bonds is 11. The lowest BCUT2D eigenvalue weighted by Gasteiger charge is -2.41. The molecule has 234 valence electrons. The number of hydrogen-bond acceptors (Lipinski definition) is 8. The van der Waals surface area contributed by atoms with Crippen LogP contribution in [-0.2, 0) is 14.3 Å². The summed E-state index contributed by atoms with van der Waals surface area (Å²) in [7, 11) is 1.43. The number of nitrogens with two attached hydrogens (primary N) is 1. The number of allylic oxidation sites excluding steroid dienone is 3. The van der Waals surface area contributed by atoms with E-state index in [2.05, 4.69) is 21.0 Å². The molecular formula is C33H41ClN6O4. The van der Waals surface area contributed by atoms with Gasteiger partial charge in [-0.2, -0.15) is 5.26 Å². The number of aliphatic imine (C=N–C) groups is 1. The highest BCUT2D eigenvalue weighted by atomic mass is 35.5. The minimum absolute atomic E-state index is 0.166. The average molecular weight is 621 g/mol. The van der Waals surface area contributed by atoms with Crippen molar-refractivity contribution in [2.45, 2.75) is 38.5 Å². The Balaban J connectivity index is 1.36. The Morgan fingerprint density at radius 1 is 1.32 bits per heavy atom. The first-order valence-corrected chi connectivity index (χ1v) is 15.4. The van der Waals surface area contributed by atoms with Gasteiger partial charge in [0.1, 0.15) is 18.2 Å². The van der Waals surface area contributed by atoms with Crippen molar-refractivity contribution < 1.29 is 19.1 Å². The number of oxime groups is 1. The van der Waals surface area contributed by atoms with Gasteiger partial charge in [-0.25, -0.2) is 9.79 Å². The lowest BCUT2D eigenvalue weighted by atomic mass is 9.78. The number of carbonyl (C=O) groups is 1. The largest absolute Gasteiger partial charge is 0.453 e. The van der Waals surface area contributed by atoms with Crippen molar-refractivity contribution >= 4 is 29.9 Å². The smallest absolute Gasteiger partial charge is 0.409 e. The van der Waals surface area contributed by atoms with E-state index in [9.17, 15) is 4.79 Å². The quantitative estimate of drug-likeness (QED) is 0.123. The van der Waals surface area contributed by atoms with Gasteiger partial charge in [-0.3, -0.25) is 0 Å². The lowest BCUT2D eigenvalue weighted by Crippen LogP contribution is -2.48. The second kappa shape index (κ2) is 16.2. The van der Waals surface area contributed by atoms with Gasteiger partial charge in [-0.15, -0.1) is 6.42 Å². The van der Waals surface area contributed by atoms with Crippen LogP contribution in [-0.4, -0.2) is 81.2 Å². The summed E-state index contributed by atoms with van der Waals surface area (Å²) in [6, 6.07) is 11.4. The summed E-state index contributed by atoms with van der Waals surface area (Å²) in [5.41, 5.74) is 7.47. The van der Waals surface area contributed by atoms with Crippen molar-refractivity contribution in [1.29, 1.82) is 5.26 Å². The molecule has 2 unspecified atom stereocenters. The van der Waals surface area contributed by atoms with Crippen molar-refractivity contribution in [2.24, 2.45) is 33.1 Å². The predicted molar refractivity (Wildman–Crippen MR) is 171 cm³/mol. The van der Waals surface area contributed by atoms with Crippen LogP contribution < -0.4 is 5.73 Å². The molecule has 44 heavy (non-hydrogen) atoms. The fourth-order valence-corrected chi connectivity index (χ4v) is 6.38. The van der Waals surface area contributed by atoms with Gasteiger partial charge in [0.05, 0.1) is 30.7 Å². The third-order valence-electron chi connectivity index (χ3n) is 8.53. The Bertz CT molecular complexity index is 1320. The molecule has 1 aromatic carbocycles. The first kappa shape index (κ1) is 32.9. The molecule has 4 rings (SSSR count). The lowest BCUT2D eigenvalue weighted by molar-refractivity contribution is -0.0544. The summed E-state index contributed by atoms with van der Waals surface area (Å²) in [4.78, 5) is 27.3. The predicted octanol–water partition coefficient (Wildman–Crippen LogP) is 4.87. The molecule has 1 aromatic rings. The number of ether oxygens (including phenoxy) is 2. The van der Waals surface area contributed by atoms with E-state index in [1.165, 1.54) is 13.2 Å². The van der Waals surface area contributed by atoms with E-state index in [0.29, 0.717) is 67.9 Å². The number of benzene rings is 1. The Kier molecular flexibility index (Phi) is 12.1. The second-order valence-corrected chi connectivity index (χ2v) is 12.2. The number of halogens is 1. The molecule has 10 nitrogen and oxygen atoms in total. The van der Waals surface area contributed by atoms with Crippen molar-refractivity contribution in [3.63, 3.8) is 0 Å². The fraction of sp³-hybridized carbons (Fsp3) is 0.515. The highest BCUT2D eigenvalue weighted by Crippen LogP contribution is 2.35. The summed E-state index contributed by atoms with van der Waals surface area (Å²) < 4.78 is 10.9. The van der Waals surface area contributed by atoms with Gasteiger partial charge < -0.3 is 29.8 Å². The van der Waals surface area contributed by atoms with Gasteiger partial charge in [0, 0.05) is 43.8 Å². The number of carbonyl (C=O) groups excluding carboxylic acids is 1. The molecule has 3 aliphatic rings. The summed E-state index contributed by atoms with van der Waals surface area (Å²) in [5, 5.41) is 13.6. The number of nitriles is 1. The molecule has 2 aliphatic heterocycles. The Labute approximate surface area is 265 Å². The molecule has 1 saturated carbocycles. The van der Waals surface area contributed by atoms with Crippen LogP contribution in [0.4, 0.5) is 4.79 Å². The second-order valence-electron chi connectivity index (χ2n) is 11.8. The Hall–Kier alpha value is -3.99. The van der Waals surface area contributed by atoms with Gasteiger partial charge in [0.15, 0.2) is 5.84 Å². The zero-order valence-corrected chi connectivity index (χ0v) is 26.0. The van der Waals surface area contributed by atoms with E-state index >= 15 is 0 Å². The Morgan fingerprint density at radius 2 is 2.07 bits per heavy atom. The number of amides is 1. The normalized spacial score (nSPS) is 23.0. The van der Waals surface area contributed by atoms with E-state index in [0.717, 1.165) is 50.6 Å². The molecule has 0 spiro atoms. The van der Waals surface area contributed by atoms with Crippen LogP contribution >= 0.6 is 11.6 Å². The number of hydrogen-bond donors (Lipinski definition) is 1. The first-order chi connectivity index (χ1) is 21.3. The molecule has 1 aliphatic carbocycles. The van der Waals surface area contributed by atoms with Crippen LogP contribution in [0.5, 0.6) is 0 Å². The third-order valence-corrected chi connectivity index (χ3v) is 8.86. The standard InChI is InChI=1S/C33H41ClN6O4/c1-3-25(18-35)17-29(34)30-21-39(24-37-30)19-26-8-7-9-27(16-26)20-40(32(41)42-2)22-33(12-14-43-15-13-33)23-44-38-31(36)28-10-5-4-6-11-28/h1,4-6,10-11,17,24,26-27H,7-9,12-16,19-23H2,2H3,(H2,36,38)/b25-17+,30-29-. The summed E-state index contributed by atoms with van der Waals surface area (Å²) in [6.07, 6.45) is 14.0. The van der Waals surface area contributed by atoms with Crippen LogP contribution in [0, 0.1) is 40.9 Å². The van der Waals surface area contributed by atoms with Gasteiger partial charge in [-0.05, 0) is 50.0 Å². The molecule has 2 N–H and O–H groups in total. The van der Waals surface area contributed by atoms with Gasteiger partial charge >= 0.3 is 6.09 Å².